The number of hydrogen-bond acceptors (Lipinski definition) is 3. The summed E-state index contributed by atoms with van der Waals surface area (Å²) in [4.78, 5) is 0. The second-order valence-corrected chi connectivity index (χ2v) is 5.73. The molecule has 2 aromatic carbocycles. The fraction of sp³-hybridized carbons (Fsp3) is 0.294. The van der Waals surface area contributed by atoms with Crippen LogP contribution in [0.25, 0.3) is 0 Å². The number of halogens is 1. The second-order valence-electron chi connectivity index (χ2n) is 5.29. The van der Waals surface area contributed by atoms with Crippen LogP contribution in [0.4, 0.5) is 0 Å². The van der Waals surface area contributed by atoms with Crippen molar-refractivity contribution in [1.82, 2.24) is 5.43 Å². The zero-order valence-electron chi connectivity index (χ0n) is 12.3. The first-order chi connectivity index (χ1) is 10.1. The number of rotatable bonds is 6. The van der Waals surface area contributed by atoms with Gasteiger partial charge < -0.3 is 4.74 Å². The fourth-order valence-electron chi connectivity index (χ4n) is 2.25. The molecule has 1 atom stereocenters. The van der Waals surface area contributed by atoms with Gasteiger partial charge in [-0.3, -0.25) is 11.3 Å². The molecule has 0 aromatic heterocycles. The molecule has 0 radical (unpaired) electrons. The highest BCUT2D eigenvalue weighted by Crippen LogP contribution is 2.23. The van der Waals surface area contributed by atoms with Crippen LogP contribution in [0, 0.1) is 0 Å². The van der Waals surface area contributed by atoms with Gasteiger partial charge in [0.25, 0.3) is 0 Å². The first kappa shape index (κ1) is 15.8. The van der Waals surface area contributed by atoms with Crippen molar-refractivity contribution in [3.63, 3.8) is 0 Å². The molecular weight excluding hydrogens is 284 g/mol. The maximum absolute atomic E-state index is 6.03. The molecule has 0 saturated carbocycles. The molecule has 112 valence electrons. The summed E-state index contributed by atoms with van der Waals surface area (Å²) in [6.45, 7) is 4.02. The lowest BCUT2D eigenvalue weighted by Gasteiger charge is -2.18. The average Bonchev–Trinajstić information content (AvgIpc) is 2.44. The van der Waals surface area contributed by atoms with Crippen molar-refractivity contribution in [3.05, 3.63) is 64.7 Å². The number of ether oxygens (including phenoxy) is 1. The normalized spacial score (nSPS) is 12.4. The van der Waals surface area contributed by atoms with Crippen LogP contribution >= 0.6 is 11.6 Å². The van der Waals surface area contributed by atoms with Crippen molar-refractivity contribution in [2.75, 3.05) is 0 Å². The lowest BCUT2D eigenvalue weighted by atomic mass is 9.99. The van der Waals surface area contributed by atoms with Crippen LogP contribution in [0.15, 0.2) is 48.5 Å². The number of hydrogen-bond donors (Lipinski definition) is 2. The molecule has 2 rings (SSSR count). The van der Waals surface area contributed by atoms with Crippen molar-refractivity contribution < 1.29 is 4.74 Å². The molecule has 3 N–H and O–H groups in total. The maximum atomic E-state index is 6.03. The zero-order chi connectivity index (χ0) is 15.2. The molecule has 3 nitrogen and oxygen atoms in total. The lowest BCUT2D eigenvalue weighted by molar-refractivity contribution is 0.242. The van der Waals surface area contributed by atoms with Crippen LogP contribution in [-0.4, -0.2) is 6.10 Å². The lowest BCUT2D eigenvalue weighted by Crippen LogP contribution is -2.29. The van der Waals surface area contributed by atoms with Gasteiger partial charge in [-0.1, -0.05) is 35.9 Å². The molecule has 0 fully saturated rings. The molecule has 0 bridgehead atoms. The molecular formula is C17H21ClN2O. The Kier molecular flexibility index (Phi) is 5.62. The van der Waals surface area contributed by atoms with E-state index in [4.69, 9.17) is 22.2 Å². The zero-order valence-corrected chi connectivity index (χ0v) is 13.1. The summed E-state index contributed by atoms with van der Waals surface area (Å²) in [7, 11) is 0. The average molecular weight is 305 g/mol. The van der Waals surface area contributed by atoms with E-state index in [9.17, 15) is 0 Å². The highest BCUT2D eigenvalue weighted by atomic mass is 35.5. The van der Waals surface area contributed by atoms with Gasteiger partial charge in [0.05, 0.1) is 12.1 Å². The minimum Gasteiger partial charge on any atom is -0.491 e. The monoisotopic (exact) mass is 304 g/mol. The third kappa shape index (κ3) is 4.74. The molecule has 0 amide bonds. The predicted molar refractivity (Wildman–Crippen MR) is 87.4 cm³/mol. The summed E-state index contributed by atoms with van der Waals surface area (Å²) < 4.78 is 5.73. The molecule has 0 heterocycles. The number of benzene rings is 2. The van der Waals surface area contributed by atoms with E-state index in [1.54, 1.807) is 0 Å². The molecule has 0 spiro atoms. The van der Waals surface area contributed by atoms with Crippen LogP contribution in [0.2, 0.25) is 5.02 Å². The van der Waals surface area contributed by atoms with Gasteiger partial charge >= 0.3 is 0 Å². The van der Waals surface area contributed by atoms with E-state index in [2.05, 4.69) is 5.43 Å². The Hall–Kier alpha value is -1.55. The van der Waals surface area contributed by atoms with Crippen LogP contribution < -0.4 is 16.0 Å². The highest BCUT2D eigenvalue weighted by Gasteiger charge is 2.12. The Bertz CT molecular complexity index is 587. The van der Waals surface area contributed by atoms with Gasteiger partial charge in [0.15, 0.2) is 0 Å². The maximum Gasteiger partial charge on any atom is 0.120 e. The van der Waals surface area contributed by atoms with Crippen molar-refractivity contribution in [1.29, 1.82) is 0 Å². The summed E-state index contributed by atoms with van der Waals surface area (Å²) >= 11 is 6.03. The summed E-state index contributed by atoms with van der Waals surface area (Å²) in [6.07, 6.45) is 0.916. The molecule has 0 saturated heterocycles. The molecule has 0 aliphatic rings. The summed E-state index contributed by atoms with van der Waals surface area (Å²) in [5.74, 6) is 6.57. The third-order valence-electron chi connectivity index (χ3n) is 3.16. The number of nitrogens with two attached hydrogens (primary N) is 1. The Labute approximate surface area is 131 Å². The molecule has 0 aliphatic carbocycles. The first-order valence-corrected chi connectivity index (χ1v) is 7.43. The molecule has 2 aromatic rings. The minimum atomic E-state index is 0.0131. The molecule has 4 heteroatoms. The van der Waals surface area contributed by atoms with Gasteiger partial charge in [-0.2, -0.15) is 0 Å². The van der Waals surface area contributed by atoms with E-state index in [-0.39, 0.29) is 12.1 Å². The van der Waals surface area contributed by atoms with E-state index >= 15 is 0 Å². The van der Waals surface area contributed by atoms with Crippen LogP contribution in [0.5, 0.6) is 5.75 Å². The standard InChI is InChI=1S/C17H21ClN2O/c1-12(2)21-16-8-4-6-14(11-16)17(20-19)10-13-5-3-7-15(18)9-13/h3-9,11-12,17,20H,10,19H2,1-2H3. The van der Waals surface area contributed by atoms with Crippen LogP contribution in [-0.2, 0) is 6.42 Å². The summed E-state index contributed by atoms with van der Waals surface area (Å²) in [5, 5.41) is 0.736. The fourth-order valence-corrected chi connectivity index (χ4v) is 2.46. The number of hydrazine groups is 1. The van der Waals surface area contributed by atoms with Gasteiger partial charge in [0.2, 0.25) is 0 Å². The van der Waals surface area contributed by atoms with Gasteiger partial charge in [-0.15, -0.1) is 0 Å². The van der Waals surface area contributed by atoms with Crippen molar-refractivity contribution >= 4 is 11.6 Å². The van der Waals surface area contributed by atoms with Crippen LogP contribution in [0.1, 0.15) is 31.0 Å². The SMILES string of the molecule is CC(C)Oc1cccc(C(Cc2cccc(Cl)c2)NN)c1. The largest absolute Gasteiger partial charge is 0.491 e. The molecule has 21 heavy (non-hydrogen) atoms. The highest BCUT2D eigenvalue weighted by molar-refractivity contribution is 6.30. The number of nitrogens with one attached hydrogen (secondary N) is 1. The van der Waals surface area contributed by atoms with E-state index in [1.165, 1.54) is 0 Å². The topological polar surface area (TPSA) is 47.3 Å². The van der Waals surface area contributed by atoms with E-state index < -0.39 is 0 Å². The quantitative estimate of drug-likeness (QED) is 0.629. The van der Waals surface area contributed by atoms with Crippen molar-refractivity contribution in [3.8, 4) is 5.75 Å². The van der Waals surface area contributed by atoms with E-state index in [0.29, 0.717) is 0 Å². The second kappa shape index (κ2) is 7.46. The Balaban J connectivity index is 2.17. The van der Waals surface area contributed by atoms with E-state index in [0.717, 1.165) is 28.3 Å². The van der Waals surface area contributed by atoms with Gasteiger partial charge in [0, 0.05) is 5.02 Å². The van der Waals surface area contributed by atoms with Crippen molar-refractivity contribution in [2.45, 2.75) is 32.4 Å². The first-order valence-electron chi connectivity index (χ1n) is 7.05. The smallest absolute Gasteiger partial charge is 0.120 e. The van der Waals surface area contributed by atoms with Crippen molar-refractivity contribution in [2.24, 2.45) is 5.84 Å². The van der Waals surface area contributed by atoms with E-state index in [1.807, 2.05) is 62.4 Å². The van der Waals surface area contributed by atoms with Gasteiger partial charge in [0.1, 0.15) is 5.75 Å². The molecule has 1 unspecified atom stereocenters. The Morgan fingerprint density at radius 3 is 2.57 bits per heavy atom. The Morgan fingerprint density at radius 2 is 1.90 bits per heavy atom. The summed E-state index contributed by atoms with van der Waals surface area (Å²) in [6, 6.07) is 15.8. The third-order valence-corrected chi connectivity index (χ3v) is 3.40. The Morgan fingerprint density at radius 1 is 1.14 bits per heavy atom. The minimum absolute atomic E-state index is 0.0131. The van der Waals surface area contributed by atoms with Gasteiger partial charge in [-0.25, -0.2) is 0 Å². The summed E-state index contributed by atoms with van der Waals surface area (Å²) in [5.41, 5.74) is 5.10. The van der Waals surface area contributed by atoms with Gasteiger partial charge in [-0.05, 0) is 55.7 Å². The van der Waals surface area contributed by atoms with Crippen LogP contribution in [0.3, 0.4) is 0 Å². The predicted octanol–water partition coefficient (Wildman–Crippen LogP) is 3.87. The molecule has 0 aliphatic heterocycles.